The van der Waals surface area contributed by atoms with Gasteiger partial charge in [0.15, 0.2) is 0 Å². The highest BCUT2D eigenvalue weighted by Gasteiger charge is 2.17. The number of halogens is 1. The number of benzene rings is 1. The molecular weight excluding hydrogens is 285 g/mol. The Morgan fingerprint density at radius 1 is 1.33 bits per heavy atom. The monoisotopic (exact) mass is 301 g/mol. The zero-order valence-electron chi connectivity index (χ0n) is 11.6. The molecule has 0 aliphatic carbocycles. The molecule has 2 nitrogen and oxygen atoms in total. The lowest BCUT2D eigenvalue weighted by atomic mass is 10.1. The number of aliphatic hydroxyl groups excluding tert-OH is 1. The van der Waals surface area contributed by atoms with Crippen molar-refractivity contribution >= 4 is 11.3 Å². The Morgan fingerprint density at radius 3 is 3.10 bits per heavy atom. The summed E-state index contributed by atoms with van der Waals surface area (Å²) in [7, 11) is 0. The van der Waals surface area contributed by atoms with Gasteiger partial charge in [0.25, 0.3) is 0 Å². The third-order valence-electron chi connectivity index (χ3n) is 3.56. The molecule has 1 aromatic carbocycles. The summed E-state index contributed by atoms with van der Waals surface area (Å²) >= 11 is 1.82. The van der Waals surface area contributed by atoms with Gasteiger partial charge in [-0.1, -0.05) is 11.8 Å². The van der Waals surface area contributed by atoms with E-state index >= 15 is 0 Å². The summed E-state index contributed by atoms with van der Waals surface area (Å²) in [4.78, 5) is 3.80. The van der Waals surface area contributed by atoms with Crippen molar-refractivity contribution in [3.05, 3.63) is 57.0 Å². The zero-order chi connectivity index (χ0) is 14.7. The fourth-order valence-electron chi connectivity index (χ4n) is 2.66. The van der Waals surface area contributed by atoms with Crippen molar-refractivity contribution in [2.45, 2.75) is 19.5 Å². The molecule has 0 unspecified atom stereocenters. The van der Waals surface area contributed by atoms with Crippen LogP contribution in [0, 0.1) is 17.7 Å². The molecule has 0 bridgehead atoms. The highest BCUT2D eigenvalue weighted by Crippen LogP contribution is 2.25. The molecule has 1 aliphatic heterocycles. The van der Waals surface area contributed by atoms with Gasteiger partial charge in [0, 0.05) is 30.1 Å². The Hall–Kier alpha value is -1.67. The van der Waals surface area contributed by atoms with E-state index in [0.717, 1.165) is 31.6 Å². The van der Waals surface area contributed by atoms with Crippen molar-refractivity contribution in [2.75, 3.05) is 13.2 Å². The molecule has 1 aliphatic rings. The fourth-order valence-corrected chi connectivity index (χ4v) is 3.55. The Kier molecular flexibility index (Phi) is 4.35. The van der Waals surface area contributed by atoms with Crippen LogP contribution in [0.4, 0.5) is 4.39 Å². The Morgan fingerprint density at radius 2 is 2.24 bits per heavy atom. The summed E-state index contributed by atoms with van der Waals surface area (Å²) in [6, 6.07) is 7.04. The Balaban J connectivity index is 1.75. The molecule has 1 aromatic heterocycles. The maximum Gasteiger partial charge on any atom is 0.124 e. The highest BCUT2D eigenvalue weighted by atomic mass is 32.1. The average Bonchev–Trinajstić information content (AvgIpc) is 2.92. The van der Waals surface area contributed by atoms with Gasteiger partial charge in [0.2, 0.25) is 0 Å². The molecule has 0 saturated heterocycles. The molecule has 0 amide bonds. The van der Waals surface area contributed by atoms with Gasteiger partial charge in [-0.05, 0) is 47.2 Å². The van der Waals surface area contributed by atoms with Crippen molar-refractivity contribution in [2.24, 2.45) is 0 Å². The first-order chi connectivity index (χ1) is 10.2. The van der Waals surface area contributed by atoms with Crippen LogP contribution in [-0.4, -0.2) is 23.2 Å². The van der Waals surface area contributed by atoms with Gasteiger partial charge in [-0.3, -0.25) is 4.90 Å². The molecule has 21 heavy (non-hydrogen) atoms. The van der Waals surface area contributed by atoms with Crippen LogP contribution < -0.4 is 0 Å². The molecule has 0 spiro atoms. The predicted octanol–water partition coefficient (Wildman–Crippen LogP) is 2.79. The smallest absolute Gasteiger partial charge is 0.124 e. The quantitative estimate of drug-likeness (QED) is 0.862. The average molecular weight is 301 g/mol. The Bertz CT molecular complexity index is 698. The van der Waals surface area contributed by atoms with Gasteiger partial charge in [-0.25, -0.2) is 4.39 Å². The number of hydrogen-bond acceptors (Lipinski definition) is 3. The third-order valence-corrected chi connectivity index (χ3v) is 4.59. The van der Waals surface area contributed by atoms with Gasteiger partial charge in [-0.15, -0.1) is 11.3 Å². The van der Waals surface area contributed by atoms with Gasteiger partial charge in [0.1, 0.15) is 12.4 Å². The van der Waals surface area contributed by atoms with E-state index in [0.29, 0.717) is 5.56 Å². The van der Waals surface area contributed by atoms with E-state index in [2.05, 4.69) is 28.2 Å². The largest absolute Gasteiger partial charge is 0.384 e. The van der Waals surface area contributed by atoms with Crippen LogP contribution in [-0.2, 0) is 19.5 Å². The summed E-state index contributed by atoms with van der Waals surface area (Å²) < 4.78 is 13.7. The SMILES string of the molecule is OCC#Cc1cc(F)cc(CN2CCc3sccc3C2)c1. The summed E-state index contributed by atoms with van der Waals surface area (Å²) in [6.07, 6.45) is 1.07. The van der Waals surface area contributed by atoms with Gasteiger partial charge in [-0.2, -0.15) is 0 Å². The molecule has 0 saturated carbocycles. The summed E-state index contributed by atoms with van der Waals surface area (Å²) in [6.45, 7) is 2.44. The molecular formula is C17H16FNOS. The standard InChI is InChI=1S/C17H16FNOS/c18-16-9-13(2-1-6-20)8-14(10-16)11-19-5-3-17-15(12-19)4-7-21-17/h4,7-10,20H,3,5-6,11-12H2. The first kappa shape index (κ1) is 14.3. The second-order valence-electron chi connectivity index (χ2n) is 5.14. The van der Waals surface area contributed by atoms with Crippen LogP contribution in [0.5, 0.6) is 0 Å². The first-order valence-electron chi connectivity index (χ1n) is 6.91. The molecule has 108 valence electrons. The number of rotatable bonds is 2. The van der Waals surface area contributed by atoms with Crippen molar-refractivity contribution in [1.29, 1.82) is 0 Å². The van der Waals surface area contributed by atoms with Crippen LogP contribution in [0.25, 0.3) is 0 Å². The van der Waals surface area contributed by atoms with E-state index in [1.54, 1.807) is 6.07 Å². The van der Waals surface area contributed by atoms with E-state index in [-0.39, 0.29) is 12.4 Å². The number of thiophene rings is 1. The minimum absolute atomic E-state index is 0.209. The van der Waals surface area contributed by atoms with Crippen molar-refractivity contribution in [3.63, 3.8) is 0 Å². The summed E-state index contributed by atoms with van der Waals surface area (Å²) in [5, 5.41) is 10.9. The maximum atomic E-state index is 13.7. The van der Waals surface area contributed by atoms with Crippen LogP contribution >= 0.6 is 11.3 Å². The van der Waals surface area contributed by atoms with Crippen molar-refractivity contribution in [1.82, 2.24) is 4.90 Å². The first-order valence-corrected chi connectivity index (χ1v) is 7.79. The van der Waals surface area contributed by atoms with Crippen molar-refractivity contribution in [3.8, 4) is 11.8 Å². The topological polar surface area (TPSA) is 23.5 Å². The summed E-state index contributed by atoms with van der Waals surface area (Å²) in [5.41, 5.74) is 2.94. The minimum atomic E-state index is -0.275. The molecule has 1 N–H and O–H groups in total. The minimum Gasteiger partial charge on any atom is -0.384 e. The Labute approximate surface area is 127 Å². The van der Waals surface area contributed by atoms with E-state index in [9.17, 15) is 4.39 Å². The number of aliphatic hydroxyl groups is 1. The van der Waals surface area contributed by atoms with Crippen LogP contribution in [0.2, 0.25) is 0 Å². The van der Waals surface area contributed by atoms with E-state index in [1.165, 1.54) is 16.5 Å². The van der Waals surface area contributed by atoms with Gasteiger partial charge < -0.3 is 5.11 Å². The van der Waals surface area contributed by atoms with Crippen molar-refractivity contribution < 1.29 is 9.50 Å². The summed E-state index contributed by atoms with van der Waals surface area (Å²) in [5.74, 6) is 5.05. The molecule has 0 fully saturated rings. The number of nitrogens with zero attached hydrogens (tertiary/aromatic N) is 1. The molecule has 4 heteroatoms. The van der Waals surface area contributed by atoms with E-state index in [1.807, 2.05) is 17.4 Å². The van der Waals surface area contributed by atoms with Crippen LogP contribution in [0.1, 0.15) is 21.6 Å². The fraction of sp³-hybridized carbons (Fsp3) is 0.294. The van der Waals surface area contributed by atoms with Gasteiger partial charge in [0.05, 0.1) is 0 Å². The second-order valence-corrected chi connectivity index (χ2v) is 6.14. The van der Waals surface area contributed by atoms with Crippen LogP contribution in [0.15, 0.2) is 29.6 Å². The molecule has 0 radical (unpaired) electrons. The van der Waals surface area contributed by atoms with E-state index in [4.69, 9.17) is 5.11 Å². The molecule has 0 atom stereocenters. The van der Waals surface area contributed by atoms with Gasteiger partial charge >= 0.3 is 0 Å². The molecule has 2 heterocycles. The normalized spacial score (nSPS) is 14.4. The lowest BCUT2D eigenvalue weighted by Gasteiger charge is -2.26. The molecule has 2 aromatic rings. The maximum absolute atomic E-state index is 13.7. The third kappa shape index (κ3) is 3.51. The second kappa shape index (κ2) is 6.40. The highest BCUT2D eigenvalue weighted by molar-refractivity contribution is 7.10. The number of hydrogen-bond donors (Lipinski definition) is 1. The lowest BCUT2D eigenvalue weighted by molar-refractivity contribution is 0.247. The zero-order valence-corrected chi connectivity index (χ0v) is 12.4. The van der Waals surface area contributed by atoms with E-state index < -0.39 is 0 Å². The number of fused-ring (bicyclic) bond motifs is 1. The van der Waals surface area contributed by atoms with Crippen LogP contribution in [0.3, 0.4) is 0 Å². The predicted molar refractivity (Wildman–Crippen MR) is 82.5 cm³/mol. The molecule has 3 rings (SSSR count). The lowest BCUT2D eigenvalue weighted by Crippen LogP contribution is -2.29.